The summed E-state index contributed by atoms with van der Waals surface area (Å²) in [5.41, 5.74) is 1.45. The van der Waals surface area contributed by atoms with E-state index in [2.05, 4.69) is 15.3 Å². The molecule has 4 rings (SSSR count). The smallest absolute Gasteiger partial charge is 0.266 e. The summed E-state index contributed by atoms with van der Waals surface area (Å²) in [5.74, 6) is 0.474. The molecule has 1 aliphatic heterocycles. The average molecular weight is 313 g/mol. The van der Waals surface area contributed by atoms with Gasteiger partial charge in [-0.15, -0.1) is 0 Å². The summed E-state index contributed by atoms with van der Waals surface area (Å²) in [6.45, 7) is 1.18. The summed E-state index contributed by atoms with van der Waals surface area (Å²) in [4.78, 5) is 26.5. The van der Waals surface area contributed by atoms with Crippen LogP contribution in [0.4, 0.5) is 0 Å². The van der Waals surface area contributed by atoms with Crippen molar-refractivity contribution in [3.63, 3.8) is 0 Å². The number of carbonyl (C=O) groups excluding carboxylic acids is 1. The zero-order valence-corrected chi connectivity index (χ0v) is 12.8. The van der Waals surface area contributed by atoms with Crippen LogP contribution in [0.5, 0.6) is 0 Å². The van der Waals surface area contributed by atoms with Gasteiger partial charge in [0, 0.05) is 24.7 Å². The van der Waals surface area contributed by atoms with Gasteiger partial charge in [-0.25, -0.2) is 4.68 Å². The van der Waals surface area contributed by atoms with Crippen molar-refractivity contribution in [3.05, 3.63) is 46.1 Å². The predicted octanol–water partition coefficient (Wildman–Crippen LogP) is 1.15. The minimum Gasteiger partial charge on any atom is -0.334 e. The molecular formula is C16H19N5O2. The Morgan fingerprint density at radius 3 is 2.91 bits per heavy atom. The molecule has 1 amide bonds. The summed E-state index contributed by atoms with van der Waals surface area (Å²) in [5, 5.41) is 11.0. The van der Waals surface area contributed by atoms with Crippen LogP contribution in [0.25, 0.3) is 0 Å². The Balaban J connectivity index is 1.54. The van der Waals surface area contributed by atoms with Crippen LogP contribution in [0, 0.1) is 0 Å². The van der Waals surface area contributed by atoms with E-state index in [9.17, 15) is 9.59 Å². The van der Waals surface area contributed by atoms with Gasteiger partial charge in [-0.05, 0) is 31.7 Å². The summed E-state index contributed by atoms with van der Waals surface area (Å²) in [6, 6.07) is 3.44. The summed E-state index contributed by atoms with van der Waals surface area (Å²) < 4.78 is 1.53. The van der Waals surface area contributed by atoms with E-state index in [-0.39, 0.29) is 17.5 Å². The minimum atomic E-state index is -0.1000. The molecule has 120 valence electrons. The Labute approximate surface area is 133 Å². The van der Waals surface area contributed by atoms with Gasteiger partial charge in [-0.1, -0.05) is 0 Å². The highest BCUT2D eigenvalue weighted by atomic mass is 16.2. The van der Waals surface area contributed by atoms with Gasteiger partial charge < -0.3 is 4.90 Å². The van der Waals surface area contributed by atoms with Gasteiger partial charge in [0.2, 0.25) is 0 Å². The number of carbonyl (C=O) groups is 1. The first-order valence-electron chi connectivity index (χ1n) is 8.10. The van der Waals surface area contributed by atoms with Crippen LogP contribution in [-0.2, 0) is 6.54 Å². The van der Waals surface area contributed by atoms with E-state index in [1.165, 1.54) is 10.9 Å². The maximum absolute atomic E-state index is 12.5. The fraction of sp³-hybridized carbons (Fsp3) is 0.500. The lowest BCUT2D eigenvalue weighted by Gasteiger charge is -2.24. The van der Waals surface area contributed by atoms with Crippen LogP contribution in [-0.4, -0.2) is 43.4 Å². The molecule has 2 aromatic rings. The van der Waals surface area contributed by atoms with Gasteiger partial charge in [0.15, 0.2) is 0 Å². The number of H-pyrrole nitrogens is 1. The number of likely N-dealkylation sites (tertiary alicyclic amines) is 1. The van der Waals surface area contributed by atoms with E-state index in [1.807, 2.05) is 11.0 Å². The normalized spacial score (nSPS) is 20.9. The fourth-order valence-corrected chi connectivity index (χ4v) is 3.22. The average Bonchev–Trinajstić information content (AvgIpc) is 3.08. The summed E-state index contributed by atoms with van der Waals surface area (Å²) in [7, 11) is 0. The molecule has 1 saturated heterocycles. The lowest BCUT2D eigenvalue weighted by atomic mass is 10.2. The molecule has 1 atom stereocenters. The van der Waals surface area contributed by atoms with Crippen molar-refractivity contribution < 1.29 is 4.79 Å². The van der Waals surface area contributed by atoms with Gasteiger partial charge in [-0.2, -0.15) is 10.2 Å². The number of hydrogen-bond acceptors (Lipinski definition) is 4. The standard InChI is InChI=1S/C16H19N5O2/c22-15-6-5-14(11-3-4-11)19-21(15)10-13-2-1-7-20(13)16(23)12-8-17-18-9-12/h5-6,8-9,11,13H,1-4,7,10H2,(H,17,18). The molecule has 1 unspecified atom stereocenters. The van der Waals surface area contributed by atoms with E-state index in [0.717, 1.165) is 31.4 Å². The van der Waals surface area contributed by atoms with Gasteiger partial charge in [-0.3, -0.25) is 14.7 Å². The number of nitrogens with zero attached hydrogens (tertiary/aromatic N) is 4. The molecule has 7 nitrogen and oxygen atoms in total. The number of hydrogen-bond donors (Lipinski definition) is 1. The summed E-state index contributed by atoms with van der Waals surface area (Å²) in [6.07, 6.45) is 7.29. The Morgan fingerprint density at radius 1 is 1.30 bits per heavy atom. The Kier molecular flexibility index (Phi) is 3.48. The van der Waals surface area contributed by atoms with Crippen molar-refractivity contribution in [1.82, 2.24) is 24.9 Å². The van der Waals surface area contributed by atoms with Crippen LogP contribution >= 0.6 is 0 Å². The molecule has 2 fully saturated rings. The highest BCUT2D eigenvalue weighted by molar-refractivity contribution is 5.94. The first-order chi connectivity index (χ1) is 11.2. The molecule has 0 aromatic carbocycles. The molecule has 0 spiro atoms. The molecule has 2 aliphatic rings. The number of nitrogens with one attached hydrogen (secondary N) is 1. The zero-order valence-electron chi connectivity index (χ0n) is 12.8. The lowest BCUT2D eigenvalue weighted by molar-refractivity contribution is 0.0720. The summed E-state index contributed by atoms with van der Waals surface area (Å²) >= 11 is 0. The van der Waals surface area contributed by atoms with E-state index < -0.39 is 0 Å². The molecule has 1 saturated carbocycles. The maximum atomic E-state index is 12.5. The molecule has 23 heavy (non-hydrogen) atoms. The SMILES string of the molecule is O=C(c1cn[nH]c1)N1CCCC1Cn1nc(C2CC2)ccc1=O. The quantitative estimate of drug-likeness (QED) is 0.917. The van der Waals surface area contributed by atoms with E-state index in [4.69, 9.17) is 0 Å². The third kappa shape index (κ3) is 2.78. The maximum Gasteiger partial charge on any atom is 0.266 e. The van der Waals surface area contributed by atoms with Crippen molar-refractivity contribution >= 4 is 5.91 Å². The second-order valence-corrected chi connectivity index (χ2v) is 6.33. The van der Waals surface area contributed by atoms with Gasteiger partial charge in [0.25, 0.3) is 11.5 Å². The molecule has 7 heteroatoms. The molecule has 3 heterocycles. The fourth-order valence-electron chi connectivity index (χ4n) is 3.22. The number of rotatable bonds is 4. The lowest BCUT2D eigenvalue weighted by Crippen LogP contribution is -2.40. The van der Waals surface area contributed by atoms with Crippen LogP contribution in [0.3, 0.4) is 0 Å². The molecule has 1 N–H and O–H groups in total. The van der Waals surface area contributed by atoms with Crippen molar-refractivity contribution in [2.24, 2.45) is 0 Å². The number of aromatic amines is 1. The number of amides is 1. The highest BCUT2D eigenvalue weighted by Crippen LogP contribution is 2.38. The van der Waals surface area contributed by atoms with E-state index >= 15 is 0 Å². The molecule has 0 bridgehead atoms. The van der Waals surface area contributed by atoms with Crippen molar-refractivity contribution in [1.29, 1.82) is 0 Å². The van der Waals surface area contributed by atoms with Crippen molar-refractivity contribution in [2.75, 3.05) is 6.54 Å². The monoisotopic (exact) mass is 313 g/mol. The Morgan fingerprint density at radius 2 is 2.17 bits per heavy atom. The molecule has 2 aromatic heterocycles. The first kappa shape index (κ1) is 14.2. The predicted molar refractivity (Wildman–Crippen MR) is 83.1 cm³/mol. The first-order valence-corrected chi connectivity index (χ1v) is 8.10. The van der Waals surface area contributed by atoms with Gasteiger partial charge in [0.05, 0.1) is 30.0 Å². The van der Waals surface area contributed by atoms with Gasteiger partial charge >= 0.3 is 0 Å². The minimum absolute atomic E-state index is 0.0112. The topological polar surface area (TPSA) is 83.9 Å². The molecular weight excluding hydrogens is 294 g/mol. The Hall–Kier alpha value is -2.44. The highest BCUT2D eigenvalue weighted by Gasteiger charge is 2.31. The second-order valence-electron chi connectivity index (χ2n) is 6.33. The van der Waals surface area contributed by atoms with Crippen molar-refractivity contribution in [2.45, 2.75) is 44.2 Å². The van der Waals surface area contributed by atoms with Gasteiger partial charge in [0.1, 0.15) is 0 Å². The van der Waals surface area contributed by atoms with E-state index in [0.29, 0.717) is 24.6 Å². The zero-order chi connectivity index (χ0) is 15.8. The van der Waals surface area contributed by atoms with Crippen LogP contribution in [0.2, 0.25) is 0 Å². The van der Waals surface area contributed by atoms with Crippen molar-refractivity contribution in [3.8, 4) is 0 Å². The largest absolute Gasteiger partial charge is 0.334 e. The third-order valence-electron chi connectivity index (χ3n) is 4.65. The van der Waals surface area contributed by atoms with E-state index in [1.54, 1.807) is 12.3 Å². The third-order valence-corrected chi connectivity index (χ3v) is 4.65. The molecule has 1 aliphatic carbocycles. The second kappa shape index (κ2) is 5.64. The van der Waals surface area contributed by atoms with Crippen LogP contribution in [0.15, 0.2) is 29.3 Å². The number of aromatic nitrogens is 4. The Bertz CT molecular complexity index is 763. The van der Waals surface area contributed by atoms with Crippen LogP contribution < -0.4 is 5.56 Å². The molecule has 0 radical (unpaired) electrons. The van der Waals surface area contributed by atoms with Crippen LogP contribution in [0.1, 0.15) is 47.7 Å².